The molecule has 4 rings (SSSR count). The summed E-state index contributed by atoms with van der Waals surface area (Å²) < 4.78 is 5.52. The highest BCUT2D eigenvalue weighted by Gasteiger charge is 2.31. The van der Waals surface area contributed by atoms with Gasteiger partial charge in [0.2, 0.25) is 5.91 Å². The molecule has 34 heavy (non-hydrogen) atoms. The van der Waals surface area contributed by atoms with Crippen LogP contribution in [0.25, 0.3) is 11.1 Å². The summed E-state index contributed by atoms with van der Waals surface area (Å²) in [5, 5.41) is 14.7. The second-order valence-corrected chi connectivity index (χ2v) is 9.30. The Morgan fingerprint density at radius 1 is 0.941 bits per heavy atom. The van der Waals surface area contributed by atoms with Crippen molar-refractivity contribution < 1.29 is 24.2 Å². The van der Waals surface area contributed by atoms with Gasteiger partial charge in [-0.2, -0.15) is 0 Å². The Kier molecular flexibility index (Phi) is 7.50. The van der Waals surface area contributed by atoms with Gasteiger partial charge in [0.25, 0.3) is 0 Å². The van der Waals surface area contributed by atoms with E-state index in [1.807, 2.05) is 36.4 Å². The van der Waals surface area contributed by atoms with Crippen LogP contribution in [0.1, 0.15) is 62.5 Å². The van der Waals surface area contributed by atoms with Gasteiger partial charge in [0.05, 0.1) is 6.42 Å². The molecule has 7 heteroatoms. The zero-order valence-corrected chi connectivity index (χ0v) is 19.5. The maximum Gasteiger partial charge on any atom is 0.407 e. The van der Waals surface area contributed by atoms with Crippen LogP contribution in [0, 0.1) is 5.92 Å². The van der Waals surface area contributed by atoms with Crippen LogP contribution >= 0.6 is 0 Å². The van der Waals surface area contributed by atoms with E-state index in [2.05, 4.69) is 22.8 Å². The first kappa shape index (κ1) is 23.8. The quantitative estimate of drug-likeness (QED) is 0.535. The summed E-state index contributed by atoms with van der Waals surface area (Å²) in [5.74, 6) is -1.25. The van der Waals surface area contributed by atoms with Crippen LogP contribution < -0.4 is 10.6 Å². The number of carbonyl (C=O) groups is 3. The lowest BCUT2D eigenvalue weighted by Crippen LogP contribution is -2.51. The number of carboxylic acid groups (broad SMARTS) is 1. The molecule has 2 aliphatic rings. The number of hydrogen-bond donors (Lipinski definition) is 3. The molecule has 0 spiro atoms. The molecule has 1 saturated carbocycles. The summed E-state index contributed by atoms with van der Waals surface area (Å²) in [5.41, 5.74) is 4.52. The lowest BCUT2D eigenvalue weighted by Gasteiger charge is -2.31. The first-order valence-electron chi connectivity index (χ1n) is 12.1. The minimum Gasteiger partial charge on any atom is -0.481 e. The maximum absolute atomic E-state index is 12.7. The van der Waals surface area contributed by atoms with E-state index in [9.17, 15) is 19.5 Å². The molecule has 2 aromatic rings. The summed E-state index contributed by atoms with van der Waals surface area (Å²) in [7, 11) is 0. The highest BCUT2D eigenvalue weighted by molar-refractivity contribution is 5.86. The molecule has 0 heterocycles. The van der Waals surface area contributed by atoms with Crippen LogP contribution in [0.2, 0.25) is 0 Å². The first-order valence-corrected chi connectivity index (χ1v) is 12.1. The fourth-order valence-corrected chi connectivity index (χ4v) is 5.25. The van der Waals surface area contributed by atoms with Gasteiger partial charge in [-0.25, -0.2) is 4.79 Å². The number of nitrogens with one attached hydrogen (secondary N) is 2. The number of alkyl carbamates (subject to hydrolysis) is 1. The van der Waals surface area contributed by atoms with Crippen molar-refractivity contribution in [2.75, 3.05) is 6.61 Å². The van der Waals surface area contributed by atoms with Gasteiger partial charge in [-0.3, -0.25) is 9.59 Å². The predicted octanol–water partition coefficient (Wildman–Crippen LogP) is 4.45. The Hall–Kier alpha value is -3.35. The van der Waals surface area contributed by atoms with E-state index in [0.717, 1.165) is 54.4 Å². The molecule has 2 atom stereocenters. The van der Waals surface area contributed by atoms with Crippen molar-refractivity contribution in [3.8, 4) is 11.1 Å². The Balaban J connectivity index is 1.33. The minimum absolute atomic E-state index is 0.0615. The molecular formula is C27H32N2O5. The largest absolute Gasteiger partial charge is 0.481 e. The second-order valence-electron chi connectivity index (χ2n) is 9.30. The summed E-state index contributed by atoms with van der Waals surface area (Å²) in [6.45, 7) is 1.74. The molecule has 1 fully saturated rings. The van der Waals surface area contributed by atoms with E-state index in [-0.39, 0.29) is 24.9 Å². The molecule has 0 radical (unpaired) electrons. The topological polar surface area (TPSA) is 105 Å². The monoisotopic (exact) mass is 464 g/mol. The molecule has 0 saturated heterocycles. The van der Waals surface area contributed by atoms with E-state index < -0.39 is 30.1 Å². The van der Waals surface area contributed by atoms with E-state index in [1.54, 1.807) is 6.92 Å². The third-order valence-corrected chi connectivity index (χ3v) is 7.01. The summed E-state index contributed by atoms with van der Waals surface area (Å²) >= 11 is 0. The Morgan fingerprint density at radius 2 is 1.53 bits per heavy atom. The predicted molar refractivity (Wildman–Crippen MR) is 128 cm³/mol. The molecule has 3 N–H and O–H groups in total. The van der Waals surface area contributed by atoms with Crippen LogP contribution in [0.15, 0.2) is 48.5 Å². The second kappa shape index (κ2) is 10.7. The molecule has 2 aromatic carbocycles. The molecule has 0 aromatic heterocycles. The fraction of sp³-hybridized carbons (Fsp3) is 0.444. The van der Waals surface area contributed by atoms with Gasteiger partial charge in [-0.15, -0.1) is 0 Å². The van der Waals surface area contributed by atoms with Gasteiger partial charge < -0.3 is 20.5 Å². The molecule has 180 valence electrons. The van der Waals surface area contributed by atoms with Crippen LogP contribution in [0.4, 0.5) is 4.79 Å². The Morgan fingerprint density at radius 3 is 2.12 bits per heavy atom. The van der Waals surface area contributed by atoms with E-state index >= 15 is 0 Å². The zero-order valence-electron chi connectivity index (χ0n) is 19.5. The van der Waals surface area contributed by atoms with E-state index in [4.69, 9.17) is 4.74 Å². The fourth-order valence-electron chi connectivity index (χ4n) is 5.25. The Labute approximate surface area is 199 Å². The normalized spacial score (nSPS) is 17.2. The van der Waals surface area contributed by atoms with Crippen molar-refractivity contribution in [2.45, 2.75) is 63.5 Å². The van der Waals surface area contributed by atoms with E-state index in [1.165, 1.54) is 0 Å². The van der Waals surface area contributed by atoms with Gasteiger partial charge in [-0.05, 0) is 47.9 Å². The number of rotatable bonds is 8. The van der Waals surface area contributed by atoms with Crippen molar-refractivity contribution in [3.63, 3.8) is 0 Å². The van der Waals surface area contributed by atoms with E-state index in [0.29, 0.717) is 0 Å². The molecule has 7 nitrogen and oxygen atoms in total. The van der Waals surface area contributed by atoms with Gasteiger partial charge >= 0.3 is 12.1 Å². The molecule has 0 bridgehead atoms. The van der Waals surface area contributed by atoms with Crippen molar-refractivity contribution in [1.82, 2.24) is 10.6 Å². The number of fused-ring (bicyclic) bond motifs is 3. The number of carbonyl (C=O) groups excluding carboxylic acids is 2. The summed E-state index contributed by atoms with van der Waals surface area (Å²) in [6, 6.07) is 14.9. The number of amides is 2. The number of aliphatic carboxylic acids is 1. The lowest BCUT2D eigenvalue weighted by molar-refractivity contribution is -0.138. The SMILES string of the molecule is CC(NC(=O)OCC1c2ccccc2-c2ccccc21)C(=O)NC(CC(=O)O)C1CCCCC1. The van der Waals surface area contributed by atoms with Crippen molar-refractivity contribution in [3.05, 3.63) is 59.7 Å². The van der Waals surface area contributed by atoms with Crippen LogP contribution in [0.3, 0.4) is 0 Å². The molecule has 2 aliphatic carbocycles. The number of ether oxygens (including phenoxy) is 1. The molecule has 2 unspecified atom stereocenters. The average molecular weight is 465 g/mol. The third-order valence-electron chi connectivity index (χ3n) is 7.01. The Bertz CT molecular complexity index is 1000. The molecule has 0 aliphatic heterocycles. The van der Waals surface area contributed by atoms with Crippen molar-refractivity contribution >= 4 is 18.0 Å². The smallest absolute Gasteiger partial charge is 0.407 e. The van der Waals surface area contributed by atoms with Gasteiger partial charge in [0.1, 0.15) is 12.6 Å². The summed E-state index contributed by atoms with van der Waals surface area (Å²) in [4.78, 5) is 36.5. The first-order chi connectivity index (χ1) is 16.4. The van der Waals surface area contributed by atoms with Gasteiger partial charge in [0, 0.05) is 12.0 Å². The average Bonchev–Trinajstić information content (AvgIpc) is 3.16. The van der Waals surface area contributed by atoms with Crippen LogP contribution in [-0.4, -0.2) is 41.8 Å². The highest BCUT2D eigenvalue weighted by Crippen LogP contribution is 2.44. The highest BCUT2D eigenvalue weighted by atomic mass is 16.5. The molecular weight excluding hydrogens is 432 g/mol. The van der Waals surface area contributed by atoms with Gasteiger partial charge in [-0.1, -0.05) is 67.8 Å². The third kappa shape index (κ3) is 5.41. The lowest BCUT2D eigenvalue weighted by atomic mass is 9.82. The molecule has 2 amide bonds. The van der Waals surface area contributed by atoms with Crippen LogP contribution in [0.5, 0.6) is 0 Å². The number of carboxylic acids is 1. The summed E-state index contributed by atoms with van der Waals surface area (Å²) in [6.07, 6.45) is 4.27. The van der Waals surface area contributed by atoms with Crippen molar-refractivity contribution in [2.24, 2.45) is 5.92 Å². The van der Waals surface area contributed by atoms with Crippen molar-refractivity contribution in [1.29, 1.82) is 0 Å². The van der Waals surface area contributed by atoms with Gasteiger partial charge in [0.15, 0.2) is 0 Å². The standard InChI is InChI=1S/C27H32N2O5/c1-17(26(32)29-24(15-25(30)31)18-9-3-2-4-10-18)28-27(33)34-16-23-21-13-7-5-11-19(21)20-12-6-8-14-22(20)23/h5-8,11-14,17-18,23-24H,2-4,9-10,15-16H2,1H3,(H,28,33)(H,29,32)(H,30,31). The maximum atomic E-state index is 12.7. The number of benzene rings is 2. The zero-order chi connectivity index (χ0) is 24.1. The number of hydrogen-bond acceptors (Lipinski definition) is 4. The van der Waals surface area contributed by atoms with Crippen LogP contribution in [-0.2, 0) is 14.3 Å². The minimum atomic E-state index is -0.937.